The van der Waals surface area contributed by atoms with Gasteiger partial charge in [0.15, 0.2) is 0 Å². The Hall–Kier alpha value is -0.860. The molecule has 0 aliphatic heterocycles. The van der Waals surface area contributed by atoms with Crippen LogP contribution in [0.5, 0.6) is 0 Å². The van der Waals surface area contributed by atoms with Gasteiger partial charge in [0.2, 0.25) is 0 Å². The second-order valence-corrected chi connectivity index (χ2v) is 6.34. The highest BCUT2D eigenvalue weighted by Gasteiger charge is 2.37. The molecule has 0 bridgehead atoms. The molecule has 1 aromatic carbocycles. The molecule has 1 fully saturated rings. The van der Waals surface area contributed by atoms with Gasteiger partial charge in [-0.05, 0) is 37.8 Å². The van der Waals surface area contributed by atoms with Crippen LogP contribution in [-0.2, 0) is 4.74 Å². The maximum absolute atomic E-state index is 6.57. The molecule has 2 heteroatoms. The van der Waals surface area contributed by atoms with Crippen LogP contribution < -0.4 is 5.32 Å². The van der Waals surface area contributed by atoms with Gasteiger partial charge in [-0.2, -0.15) is 0 Å². The van der Waals surface area contributed by atoms with Crippen molar-refractivity contribution in [3.63, 3.8) is 0 Å². The molecular formula is C18H29NO. The summed E-state index contributed by atoms with van der Waals surface area (Å²) in [7, 11) is 0. The number of rotatable bonds is 6. The van der Waals surface area contributed by atoms with Gasteiger partial charge in [0.05, 0.1) is 11.7 Å². The summed E-state index contributed by atoms with van der Waals surface area (Å²) in [6.45, 7) is 8.70. The average Bonchev–Trinajstić information content (AvgIpc) is 2.46. The van der Waals surface area contributed by atoms with Crippen LogP contribution in [0.2, 0.25) is 0 Å². The fourth-order valence-corrected chi connectivity index (χ4v) is 3.44. The van der Waals surface area contributed by atoms with E-state index in [0.717, 1.165) is 19.0 Å². The van der Waals surface area contributed by atoms with Crippen molar-refractivity contribution < 1.29 is 4.74 Å². The van der Waals surface area contributed by atoms with Gasteiger partial charge in [0, 0.05) is 6.54 Å². The van der Waals surface area contributed by atoms with Crippen LogP contribution in [0.4, 0.5) is 0 Å². The third-order valence-corrected chi connectivity index (χ3v) is 4.44. The summed E-state index contributed by atoms with van der Waals surface area (Å²) in [6, 6.07) is 10.6. The summed E-state index contributed by atoms with van der Waals surface area (Å²) in [5.41, 5.74) is 1.30. The zero-order valence-corrected chi connectivity index (χ0v) is 13.2. The average molecular weight is 275 g/mol. The van der Waals surface area contributed by atoms with Crippen LogP contribution in [-0.4, -0.2) is 18.7 Å². The van der Waals surface area contributed by atoms with Crippen molar-refractivity contribution in [2.24, 2.45) is 5.92 Å². The lowest BCUT2D eigenvalue weighted by atomic mass is 9.78. The van der Waals surface area contributed by atoms with E-state index in [0.29, 0.717) is 0 Å². The number of ether oxygens (including phenoxy) is 1. The van der Waals surface area contributed by atoms with E-state index in [1.165, 1.54) is 31.2 Å². The Morgan fingerprint density at radius 1 is 1.35 bits per heavy atom. The predicted molar refractivity (Wildman–Crippen MR) is 84.8 cm³/mol. The summed E-state index contributed by atoms with van der Waals surface area (Å²) < 4.78 is 6.57. The van der Waals surface area contributed by atoms with Gasteiger partial charge in [0.25, 0.3) is 0 Å². The largest absolute Gasteiger partial charge is 0.366 e. The third kappa shape index (κ3) is 4.07. The van der Waals surface area contributed by atoms with E-state index >= 15 is 0 Å². The van der Waals surface area contributed by atoms with E-state index in [1.54, 1.807) is 0 Å². The Morgan fingerprint density at radius 2 is 2.10 bits per heavy atom. The second-order valence-electron chi connectivity index (χ2n) is 6.34. The van der Waals surface area contributed by atoms with Gasteiger partial charge in [-0.3, -0.25) is 0 Å². The Labute approximate surface area is 123 Å². The number of likely N-dealkylation sites (N-methyl/N-ethyl adjacent to an activating group) is 1. The molecule has 3 unspecified atom stereocenters. The van der Waals surface area contributed by atoms with Crippen molar-refractivity contribution >= 4 is 0 Å². The summed E-state index contributed by atoms with van der Waals surface area (Å²) in [5, 5.41) is 3.51. The lowest BCUT2D eigenvalue weighted by Crippen LogP contribution is -2.47. The van der Waals surface area contributed by atoms with Crippen molar-refractivity contribution in [3.05, 3.63) is 35.9 Å². The molecule has 112 valence electrons. The number of nitrogens with one attached hydrogen (secondary N) is 1. The van der Waals surface area contributed by atoms with Gasteiger partial charge >= 0.3 is 0 Å². The minimum atomic E-state index is 0.0168. The fraction of sp³-hybridized carbons (Fsp3) is 0.667. The van der Waals surface area contributed by atoms with Crippen molar-refractivity contribution in [2.45, 2.75) is 58.2 Å². The van der Waals surface area contributed by atoms with Crippen molar-refractivity contribution in [1.82, 2.24) is 5.32 Å². The lowest BCUT2D eigenvalue weighted by Gasteiger charge is -2.42. The quantitative estimate of drug-likeness (QED) is 0.834. The Morgan fingerprint density at radius 3 is 2.75 bits per heavy atom. The van der Waals surface area contributed by atoms with Crippen LogP contribution in [0.15, 0.2) is 30.3 Å². The van der Waals surface area contributed by atoms with Crippen molar-refractivity contribution in [3.8, 4) is 0 Å². The SMILES string of the molecule is CCNCC1(OC(C)c2ccccc2)CCCC(C)C1. The molecule has 2 rings (SSSR count). The molecule has 20 heavy (non-hydrogen) atoms. The molecular weight excluding hydrogens is 246 g/mol. The number of benzene rings is 1. The molecule has 0 heterocycles. The van der Waals surface area contributed by atoms with E-state index in [4.69, 9.17) is 4.74 Å². The summed E-state index contributed by atoms with van der Waals surface area (Å²) in [5.74, 6) is 0.769. The Balaban J connectivity index is 2.07. The predicted octanol–water partition coefficient (Wildman–Crippen LogP) is 4.32. The highest BCUT2D eigenvalue weighted by atomic mass is 16.5. The normalized spacial score (nSPS) is 28.2. The Bertz CT molecular complexity index is 392. The molecule has 0 spiro atoms. The van der Waals surface area contributed by atoms with Crippen LogP contribution >= 0.6 is 0 Å². The number of hydrogen-bond donors (Lipinski definition) is 1. The van der Waals surface area contributed by atoms with E-state index in [9.17, 15) is 0 Å². The third-order valence-electron chi connectivity index (χ3n) is 4.44. The van der Waals surface area contributed by atoms with Crippen LogP contribution in [0.25, 0.3) is 0 Å². The molecule has 0 amide bonds. The molecule has 1 aliphatic carbocycles. The summed E-state index contributed by atoms with van der Waals surface area (Å²) >= 11 is 0. The minimum absolute atomic E-state index is 0.0168. The molecule has 0 saturated heterocycles. The standard InChI is InChI=1S/C18H29NO/c1-4-19-14-18(12-8-9-15(2)13-18)20-16(3)17-10-6-5-7-11-17/h5-7,10-11,15-16,19H,4,8-9,12-14H2,1-3H3. The molecule has 0 aromatic heterocycles. The smallest absolute Gasteiger partial charge is 0.0817 e. The monoisotopic (exact) mass is 275 g/mol. The molecule has 0 radical (unpaired) electrons. The van der Waals surface area contributed by atoms with Gasteiger partial charge in [-0.25, -0.2) is 0 Å². The van der Waals surface area contributed by atoms with E-state index in [1.807, 2.05) is 0 Å². The first-order chi connectivity index (χ1) is 9.65. The van der Waals surface area contributed by atoms with Gasteiger partial charge in [-0.1, -0.05) is 57.0 Å². The van der Waals surface area contributed by atoms with Crippen molar-refractivity contribution in [1.29, 1.82) is 0 Å². The first-order valence-corrected chi connectivity index (χ1v) is 8.09. The molecule has 1 aromatic rings. The topological polar surface area (TPSA) is 21.3 Å². The molecule has 2 nitrogen and oxygen atoms in total. The lowest BCUT2D eigenvalue weighted by molar-refractivity contribution is -0.116. The highest BCUT2D eigenvalue weighted by molar-refractivity contribution is 5.17. The zero-order chi connectivity index (χ0) is 14.4. The molecule has 1 aliphatic rings. The summed E-state index contributed by atoms with van der Waals surface area (Å²) in [4.78, 5) is 0. The first kappa shape index (κ1) is 15.5. The van der Waals surface area contributed by atoms with E-state index < -0.39 is 0 Å². The first-order valence-electron chi connectivity index (χ1n) is 8.09. The summed E-state index contributed by atoms with van der Waals surface area (Å²) in [6.07, 6.45) is 5.16. The van der Waals surface area contributed by atoms with Gasteiger partial charge < -0.3 is 10.1 Å². The number of hydrogen-bond acceptors (Lipinski definition) is 2. The highest BCUT2D eigenvalue weighted by Crippen LogP contribution is 2.38. The second kappa shape index (κ2) is 7.24. The molecule has 1 N–H and O–H groups in total. The van der Waals surface area contributed by atoms with E-state index in [2.05, 4.69) is 56.4 Å². The van der Waals surface area contributed by atoms with Crippen molar-refractivity contribution in [2.75, 3.05) is 13.1 Å². The van der Waals surface area contributed by atoms with Crippen LogP contribution in [0.1, 0.15) is 58.1 Å². The van der Waals surface area contributed by atoms with Gasteiger partial charge in [-0.15, -0.1) is 0 Å². The van der Waals surface area contributed by atoms with Gasteiger partial charge in [0.1, 0.15) is 0 Å². The molecule has 1 saturated carbocycles. The minimum Gasteiger partial charge on any atom is -0.366 e. The molecule has 3 atom stereocenters. The fourth-order valence-electron chi connectivity index (χ4n) is 3.44. The van der Waals surface area contributed by atoms with Crippen LogP contribution in [0.3, 0.4) is 0 Å². The maximum Gasteiger partial charge on any atom is 0.0817 e. The van der Waals surface area contributed by atoms with E-state index in [-0.39, 0.29) is 11.7 Å². The van der Waals surface area contributed by atoms with Crippen LogP contribution in [0, 0.1) is 5.92 Å². The Kier molecular flexibility index (Phi) is 5.62. The maximum atomic E-state index is 6.57. The zero-order valence-electron chi connectivity index (χ0n) is 13.2.